The van der Waals surface area contributed by atoms with Crippen LogP contribution in [0.5, 0.6) is 5.75 Å². The number of halogens is 2. The van der Waals surface area contributed by atoms with Crippen molar-refractivity contribution in [3.63, 3.8) is 0 Å². The largest absolute Gasteiger partial charge is 0.495 e. The van der Waals surface area contributed by atoms with Gasteiger partial charge in [0.05, 0.1) is 12.1 Å². The first-order valence-corrected chi connectivity index (χ1v) is 5.65. The van der Waals surface area contributed by atoms with Gasteiger partial charge in [-0.15, -0.1) is 0 Å². The number of rotatable bonds is 2. The van der Waals surface area contributed by atoms with Gasteiger partial charge in [0.2, 0.25) is 0 Å². The normalized spacial score (nSPS) is 18.4. The zero-order valence-electron chi connectivity index (χ0n) is 8.52. The summed E-state index contributed by atoms with van der Waals surface area (Å²) in [6.45, 7) is 0. The SMILES string of the molecule is COc1cc(Cl)c(C2(N)CCC2)cc1Cl. The van der Waals surface area contributed by atoms with Crippen LogP contribution in [0.4, 0.5) is 0 Å². The molecule has 1 aliphatic carbocycles. The maximum absolute atomic E-state index is 6.20. The first-order chi connectivity index (χ1) is 7.07. The second-order valence-electron chi connectivity index (χ2n) is 3.98. The lowest BCUT2D eigenvalue weighted by Crippen LogP contribution is -2.43. The van der Waals surface area contributed by atoms with Crippen LogP contribution < -0.4 is 10.5 Å². The van der Waals surface area contributed by atoms with E-state index in [9.17, 15) is 0 Å². The fraction of sp³-hybridized carbons (Fsp3) is 0.455. The van der Waals surface area contributed by atoms with Gasteiger partial charge in [-0.3, -0.25) is 0 Å². The summed E-state index contributed by atoms with van der Waals surface area (Å²) in [5.74, 6) is 0.591. The van der Waals surface area contributed by atoms with Crippen LogP contribution in [-0.2, 0) is 5.54 Å². The smallest absolute Gasteiger partial charge is 0.138 e. The van der Waals surface area contributed by atoms with Crippen molar-refractivity contribution in [2.24, 2.45) is 5.73 Å². The van der Waals surface area contributed by atoms with Crippen molar-refractivity contribution >= 4 is 23.2 Å². The molecule has 0 saturated heterocycles. The van der Waals surface area contributed by atoms with Gasteiger partial charge in [0.15, 0.2) is 0 Å². The summed E-state index contributed by atoms with van der Waals surface area (Å²) in [7, 11) is 1.57. The minimum absolute atomic E-state index is 0.285. The van der Waals surface area contributed by atoms with Gasteiger partial charge >= 0.3 is 0 Å². The zero-order valence-corrected chi connectivity index (χ0v) is 10.0. The molecular weight excluding hydrogens is 233 g/mol. The van der Waals surface area contributed by atoms with Crippen LogP contribution in [-0.4, -0.2) is 7.11 Å². The molecule has 0 spiro atoms. The molecule has 1 saturated carbocycles. The van der Waals surface area contributed by atoms with Gasteiger partial charge in [0.25, 0.3) is 0 Å². The highest BCUT2D eigenvalue weighted by atomic mass is 35.5. The van der Waals surface area contributed by atoms with Crippen molar-refractivity contribution < 1.29 is 4.74 Å². The average molecular weight is 246 g/mol. The Bertz CT molecular complexity index is 388. The highest BCUT2D eigenvalue weighted by Crippen LogP contribution is 2.44. The van der Waals surface area contributed by atoms with Crippen LogP contribution >= 0.6 is 23.2 Å². The van der Waals surface area contributed by atoms with Crippen molar-refractivity contribution in [3.8, 4) is 5.75 Å². The van der Waals surface area contributed by atoms with Gasteiger partial charge in [-0.2, -0.15) is 0 Å². The molecule has 2 rings (SSSR count). The van der Waals surface area contributed by atoms with E-state index in [4.69, 9.17) is 33.7 Å². The lowest BCUT2D eigenvalue weighted by molar-refractivity contribution is 0.253. The minimum atomic E-state index is -0.285. The van der Waals surface area contributed by atoms with Gasteiger partial charge in [-0.05, 0) is 30.9 Å². The van der Waals surface area contributed by atoms with E-state index in [0.29, 0.717) is 15.8 Å². The lowest BCUT2D eigenvalue weighted by atomic mass is 9.73. The predicted octanol–water partition coefficient (Wildman–Crippen LogP) is 3.34. The van der Waals surface area contributed by atoms with E-state index in [1.165, 1.54) is 0 Å². The summed E-state index contributed by atoms with van der Waals surface area (Å²) < 4.78 is 5.09. The number of methoxy groups -OCH3 is 1. The van der Waals surface area contributed by atoms with Crippen LogP contribution in [0.2, 0.25) is 10.0 Å². The van der Waals surface area contributed by atoms with Crippen molar-refractivity contribution in [1.29, 1.82) is 0 Å². The van der Waals surface area contributed by atoms with Gasteiger partial charge in [0, 0.05) is 16.6 Å². The molecule has 1 aliphatic rings. The molecule has 15 heavy (non-hydrogen) atoms. The van der Waals surface area contributed by atoms with Crippen molar-refractivity contribution in [2.45, 2.75) is 24.8 Å². The highest BCUT2D eigenvalue weighted by molar-refractivity contribution is 6.34. The van der Waals surface area contributed by atoms with Crippen LogP contribution in [0.15, 0.2) is 12.1 Å². The Kier molecular flexibility index (Phi) is 2.84. The van der Waals surface area contributed by atoms with Gasteiger partial charge in [0.1, 0.15) is 5.75 Å². The molecule has 2 nitrogen and oxygen atoms in total. The second-order valence-corrected chi connectivity index (χ2v) is 4.79. The van der Waals surface area contributed by atoms with Crippen molar-refractivity contribution in [3.05, 3.63) is 27.7 Å². The van der Waals surface area contributed by atoms with E-state index >= 15 is 0 Å². The minimum Gasteiger partial charge on any atom is -0.495 e. The first-order valence-electron chi connectivity index (χ1n) is 4.89. The molecule has 0 radical (unpaired) electrons. The Balaban J connectivity index is 2.45. The topological polar surface area (TPSA) is 35.2 Å². The van der Waals surface area contributed by atoms with Gasteiger partial charge < -0.3 is 10.5 Å². The Labute approximate surface area is 99.3 Å². The number of ether oxygens (including phenoxy) is 1. The summed E-state index contributed by atoms with van der Waals surface area (Å²) in [6.07, 6.45) is 3.08. The van der Waals surface area contributed by atoms with Crippen LogP contribution in [0.3, 0.4) is 0 Å². The van der Waals surface area contributed by atoms with Crippen LogP contribution in [0.25, 0.3) is 0 Å². The van der Waals surface area contributed by atoms with Crippen molar-refractivity contribution in [1.82, 2.24) is 0 Å². The van der Waals surface area contributed by atoms with E-state index in [0.717, 1.165) is 24.8 Å². The fourth-order valence-electron chi connectivity index (χ4n) is 1.89. The van der Waals surface area contributed by atoms with E-state index in [-0.39, 0.29) is 5.54 Å². The third-order valence-electron chi connectivity index (χ3n) is 3.02. The first kappa shape index (κ1) is 11.1. The number of hydrogen-bond donors (Lipinski definition) is 1. The quantitative estimate of drug-likeness (QED) is 0.868. The summed E-state index contributed by atoms with van der Waals surface area (Å²) in [5, 5.41) is 1.20. The highest BCUT2D eigenvalue weighted by Gasteiger charge is 2.36. The van der Waals surface area contributed by atoms with E-state index in [2.05, 4.69) is 0 Å². The molecule has 0 amide bonds. The molecule has 0 bridgehead atoms. The Morgan fingerprint density at radius 1 is 1.27 bits per heavy atom. The average Bonchev–Trinajstić information content (AvgIpc) is 2.17. The molecule has 2 N–H and O–H groups in total. The molecule has 0 aliphatic heterocycles. The zero-order chi connectivity index (χ0) is 11.1. The molecule has 0 unspecified atom stereocenters. The maximum atomic E-state index is 6.20. The Morgan fingerprint density at radius 2 is 1.93 bits per heavy atom. The maximum Gasteiger partial charge on any atom is 0.138 e. The van der Waals surface area contributed by atoms with Crippen LogP contribution in [0.1, 0.15) is 24.8 Å². The van der Waals surface area contributed by atoms with E-state index in [1.54, 1.807) is 13.2 Å². The second kappa shape index (κ2) is 3.85. The molecule has 1 aromatic carbocycles. The fourth-order valence-corrected chi connectivity index (χ4v) is 2.48. The van der Waals surface area contributed by atoms with E-state index < -0.39 is 0 Å². The Morgan fingerprint density at radius 3 is 2.40 bits per heavy atom. The summed E-state index contributed by atoms with van der Waals surface area (Å²) in [6, 6.07) is 3.55. The molecular formula is C11H13Cl2NO. The molecule has 4 heteroatoms. The molecule has 0 heterocycles. The third-order valence-corrected chi connectivity index (χ3v) is 3.63. The standard InChI is InChI=1S/C11H13Cl2NO/c1-15-10-6-8(12)7(5-9(10)13)11(14)3-2-4-11/h5-6H,2-4,14H2,1H3. The summed E-state index contributed by atoms with van der Waals surface area (Å²) in [5.41, 5.74) is 6.85. The molecule has 1 fully saturated rings. The van der Waals surface area contributed by atoms with E-state index in [1.807, 2.05) is 6.07 Å². The number of nitrogens with two attached hydrogens (primary N) is 1. The van der Waals surface area contributed by atoms with Gasteiger partial charge in [-0.25, -0.2) is 0 Å². The lowest BCUT2D eigenvalue weighted by Gasteiger charge is -2.39. The number of benzene rings is 1. The molecule has 0 aromatic heterocycles. The molecule has 82 valence electrons. The number of hydrogen-bond acceptors (Lipinski definition) is 2. The third kappa shape index (κ3) is 1.82. The van der Waals surface area contributed by atoms with Gasteiger partial charge in [-0.1, -0.05) is 23.2 Å². The van der Waals surface area contributed by atoms with Crippen LogP contribution in [0, 0.1) is 0 Å². The summed E-state index contributed by atoms with van der Waals surface area (Å²) >= 11 is 12.2. The molecule has 1 aromatic rings. The summed E-state index contributed by atoms with van der Waals surface area (Å²) in [4.78, 5) is 0. The predicted molar refractivity (Wildman–Crippen MR) is 62.7 cm³/mol. The monoisotopic (exact) mass is 245 g/mol. The Hall–Kier alpha value is -0.440. The molecule has 0 atom stereocenters. The van der Waals surface area contributed by atoms with Crippen molar-refractivity contribution in [2.75, 3.05) is 7.11 Å².